The number of aryl methyl sites for hydroxylation is 1. The first kappa shape index (κ1) is 10.0. The van der Waals surface area contributed by atoms with Crippen LogP contribution in [-0.2, 0) is 0 Å². The molecule has 2 rings (SSSR count). The van der Waals surface area contributed by atoms with Gasteiger partial charge in [0.15, 0.2) is 0 Å². The minimum absolute atomic E-state index is 0.618. The van der Waals surface area contributed by atoms with Gasteiger partial charge in [0.05, 0.1) is 17.8 Å². The first-order valence-electron chi connectivity index (χ1n) is 4.82. The van der Waals surface area contributed by atoms with Gasteiger partial charge in [-0.2, -0.15) is 5.26 Å². The average Bonchev–Trinajstić information content (AvgIpc) is 2.73. The Kier molecular flexibility index (Phi) is 2.71. The normalized spacial score (nSPS) is 9.00. The van der Waals surface area contributed by atoms with Gasteiger partial charge < -0.3 is 4.98 Å². The van der Waals surface area contributed by atoms with E-state index in [2.05, 4.69) is 27.9 Å². The summed E-state index contributed by atoms with van der Waals surface area (Å²) in [5.74, 6) is 6.77. The number of benzene rings is 1. The molecule has 1 N–H and O–H groups in total. The van der Waals surface area contributed by atoms with Gasteiger partial charge in [-0.15, -0.1) is 0 Å². The van der Waals surface area contributed by atoms with E-state index in [0.29, 0.717) is 5.56 Å². The number of H-pyrrole nitrogens is 1. The molecule has 16 heavy (non-hydrogen) atoms. The van der Waals surface area contributed by atoms with Gasteiger partial charge in [-0.25, -0.2) is 4.98 Å². The number of aromatic amines is 1. The Balaban J connectivity index is 2.27. The molecule has 0 aliphatic carbocycles. The summed E-state index contributed by atoms with van der Waals surface area (Å²) in [4.78, 5) is 7.08. The molecule has 0 saturated heterocycles. The van der Waals surface area contributed by atoms with Crippen molar-refractivity contribution < 1.29 is 0 Å². The van der Waals surface area contributed by atoms with Gasteiger partial charge in [-0.1, -0.05) is 12.0 Å². The predicted molar refractivity (Wildman–Crippen MR) is 60.5 cm³/mol. The molecule has 0 aliphatic heterocycles. The van der Waals surface area contributed by atoms with Crippen molar-refractivity contribution in [2.75, 3.05) is 0 Å². The summed E-state index contributed by atoms with van der Waals surface area (Å²) in [6, 6.07) is 9.29. The van der Waals surface area contributed by atoms with Crippen LogP contribution in [0, 0.1) is 30.1 Å². The summed E-state index contributed by atoms with van der Waals surface area (Å²) in [5, 5.41) is 8.74. The molecule has 1 aromatic heterocycles. The van der Waals surface area contributed by atoms with E-state index in [9.17, 15) is 0 Å². The van der Waals surface area contributed by atoms with Gasteiger partial charge in [0.25, 0.3) is 0 Å². The monoisotopic (exact) mass is 207 g/mol. The maximum Gasteiger partial charge on any atom is 0.110 e. The van der Waals surface area contributed by atoms with Gasteiger partial charge in [0, 0.05) is 5.56 Å². The SMILES string of the molecule is Cc1ncc(C#Cc2cccc(C#N)c2)[nH]1. The number of rotatable bonds is 0. The second-order valence-electron chi connectivity index (χ2n) is 3.32. The first-order valence-corrected chi connectivity index (χ1v) is 4.82. The van der Waals surface area contributed by atoms with Crippen LogP contribution >= 0.6 is 0 Å². The van der Waals surface area contributed by atoms with Gasteiger partial charge in [0.1, 0.15) is 11.5 Å². The van der Waals surface area contributed by atoms with E-state index < -0.39 is 0 Å². The van der Waals surface area contributed by atoms with Crippen molar-refractivity contribution in [1.82, 2.24) is 9.97 Å². The molecular weight excluding hydrogens is 198 g/mol. The fraction of sp³-hybridized carbons (Fsp3) is 0.0769. The molecule has 0 unspecified atom stereocenters. The fourth-order valence-corrected chi connectivity index (χ4v) is 1.29. The average molecular weight is 207 g/mol. The number of nitrogens with one attached hydrogen (secondary N) is 1. The molecule has 0 spiro atoms. The Hall–Kier alpha value is -2.52. The van der Waals surface area contributed by atoms with Gasteiger partial charge in [0.2, 0.25) is 0 Å². The van der Waals surface area contributed by atoms with E-state index in [4.69, 9.17) is 5.26 Å². The molecule has 3 nitrogen and oxygen atoms in total. The Bertz CT molecular complexity index is 606. The third kappa shape index (κ3) is 2.29. The van der Waals surface area contributed by atoms with Crippen LogP contribution in [0.4, 0.5) is 0 Å². The molecule has 2 aromatic rings. The number of imidazole rings is 1. The Labute approximate surface area is 93.8 Å². The summed E-state index contributed by atoms with van der Waals surface area (Å²) in [6.07, 6.45) is 1.69. The quantitative estimate of drug-likeness (QED) is 0.671. The molecule has 0 aliphatic rings. The van der Waals surface area contributed by atoms with Gasteiger partial charge >= 0.3 is 0 Å². The maximum absolute atomic E-state index is 8.74. The molecule has 1 aromatic carbocycles. The topological polar surface area (TPSA) is 52.5 Å². The highest BCUT2D eigenvalue weighted by molar-refractivity contribution is 5.44. The lowest BCUT2D eigenvalue weighted by molar-refractivity contribution is 1.14. The number of nitrogens with zero attached hydrogens (tertiary/aromatic N) is 2. The van der Waals surface area contributed by atoms with E-state index in [0.717, 1.165) is 17.1 Å². The van der Waals surface area contributed by atoms with E-state index in [1.54, 1.807) is 18.3 Å². The van der Waals surface area contributed by atoms with Crippen molar-refractivity contribution in [2.45, 2.75) is 6.92 Å². The van der Waals surface area contributed by atoms with Crippen molar-refractivity contribution in [1.29, 1.82) is 5.26 Å². The van der Waals surface area contributed by atoms with Crippen LogP contribution in [0.25, 0.3) is 0 Å². The van der Waals surface area contributed by atoms with Crippen LogP contribution in [0.1, 0.15) is 22.6 Å². The summed E-state index contributed by atoms with van der Waals surface area (Å²) in [5.41, 5.74) is 2.22. The van der Waals surface area contributed by atoms with Crippen molar-refractivity contribution in [3.63, 3.8) is 0 Å². The highest BCUT2D eigenvalue weighted by Crippen LogP contribution is 2.02. The molecule has 1 heterocycles. The zero-order chi connectivity index (χ0) is 11.4. The zero-order valence-corrected chi connectivity index (χ0v) is 8.78. The molecule has 3 heteroatoms. The predicted octanol–water partition coefficient (Wildman–Crippen LogP) is 1.99. The second kappa shape index (κ2) is 4.33. The lowest BCUT2D eigenvalue weighted by atomic mass is 10.1. The molecule has 0 atom stereocenters. The third-order valence-electron chi connectivity index (χ3n) is 2.04. The smallest absolute Gasteiger partial charge is 0.110 e. The van der Waals surface area contributed by atoms with Crippen molar-refractivity contribution >= 4 is 0 Å². The second-order valence-corrected chi connectivity index (χ2v) is 3.32. The molecule has 0 fully saturated rings. The van der Waals surface area contributed by atoms with E-state index in [-0.39, 0.29) is 0 Å². The summed E-state index contributed by atoms with van der Waals surface area (Å²) < 4.78 is 0. The molecule has 0 amide bonds. The largest absolute Gasteiger partial charge is 0.336 e. The lowest BCUT2D eigenvalue weighted by Gasteiger charge is -1.89. The summed E-state index contributed by atoms with van der Waals surface area (Å²) in [6.45, 7) is 1.88. The standard InChI is InChI=1S/C13H9N3/c1-10-15-9-13(16-10)6-5-11-3-2-4-12(7-11)8-14/h2-4,7,9H,1H3,(H,15,16). The summed E-state index contributed by atoms with van der Waals surface area (Å²) in [7, 11) is 0. The third-order valence-corrected chi connectivity index (χ3v) is 2.04. The summed E-state index contributed by atoms with van der Waals surface area (Å²) >= 11 is 0. The van der Waals surface area contributed by atoms with Crippen LogP contribution in [0.15, 0.2) is 30.5 Å². The molecule has 0 saturated carbocycles. The van der Waals surface area contributed by atoms with E-state index in [1.165, 1.54) is 0 Å². The zero-order valence-electron chi connectivity index (χ0n) is 8.78. The van der Waals surface area contributed by atoms with Crippen molar-refractivity contribution in [3.05, 3.63) is 53.1 Å². The lowest BCUT2D eigenvalue weighted by Crippen LogP contribution is -1.78. The maximum atomic E-state index is 8.74. The van der Waals surface area contributed by atoms with Gasteiger partial charge in [-0.3, -0.25) is 0 Å². The Morgan fingerprint density at radius 1 is 1.25 bits per heavy atom. The van der Waals surface area contributed by atoms with Crippen LogP contribution in [0.5, 0.6) is 0 Å². The Morgan fingerprint density at radius 2 is 2.06 bits per heavy atom. The highest BCUT2D eigenvalue weighted by atomic mass is 14.9. The van der Waals surface area contributed by atoms with Crippen LogP contribution in [-0.4, -0.2) is 9.97 Å². The number of hydrogen-bond donors (Lipinski definition) is 1. The molecular formula is C13H9N3. The minimum atomic E-state index is 0.618. The highest BCUT2D eigenvalue weighted by Gasteiger charge is 1.92. The van der Waals surface area contributed by atoms with Crippen molar-refractivity contribution in [2.24, 2.45) is 0 Å². The Morgan fingerprint density at radius 3 is 2.75 bits per heavy atom. The first-order chi connectivity index (χ1) is 7.78. The molecule has 0 bridgehead atoms. The van der Waals surface area contributed by atoms with Gasteiger partial charge in [-0.05, 0) is 31.0 Å². The van der Waals surface area contributed by atoms with Crippen LogP contribution < -0.4 is 0 Å². The van der Waals surface area contributed by atoms with Crippen molar-refractivity contribution in [3.8, 4) is 17.9 Å². The van der Waals surface area contributed by atoms with Crippen LogP contribution in [0.2, 0.25) is 0 Å². The van der Waals surface area contributed by atoms with E-state index >= 15 is 0 Å². The number of nitriles is 1. The fourth-order valence-electron chi connectivity index (χ4n) is 1.29. The minimum Gasteiger partial charge on any atom is -0.336 e. The number of aromatic nitrogens is 2. The van der Waals surface area contributed by atoms with E-state index in [1.807, 2.05) is 19.1 Å². The van der Waals surface area contributed by atoms with Crippen LogP contribution in [0.3, 0.4) is 0 Å². The number of hydrogen-bond acceptors (Lipinski definition) is 2. The molecule has 76 valence electrons. The molecule has 0 radical (unpaired) electrons.